The molecule has 3 N–H and O–H groups in total. The molecule has 8 nitrogen and oxygen atoms in total. The van der Waals surface area contributed by atoms with Crippen LogP contribution in [0.25, 0.3) is 0 Å². The molecule has 0 unspecified atom stereocenters. The number of rotatable bonds is 6. The lowest BCUT2D eigenvalue weighted by Gasteiger charge is -2.15. The van der Waals surface area contributed by atoms with Crippen LogP contribution in [0, 0.1) is 0 Å². The molecule has 0 fully saturated rings. The van der Waals surface area contributed by atoms with E-state index in [-0.39, 0.29) is 17.3 Å². The molecular formula is C10H19N5O3S. The van der Waals surface area contributed by atoms with E-state index in [1.807, 2.05) is 6.92 Å². The molecule has 0 aliphatic rings. The summed E-state index contributed by atoms with van der Waals surface area (Å²) in [5, 5.41) is 6.30. The van der Waals surface area contributed by atoms with E-state index >= 15 is 0 Å². The van der Waals surface area contributed by atoms with Crippen molar-refractivity contribution in [2.75, 3.05) is 26.4 Å². The summed E-state index contributed by atoms with van der Waals surface area (Å²) in [5.41, 5.74) is 5.62. The van der Waals surface area contributed by atoms with E-state index in [1.54, 1.807) is 0 Å². The maximum Gasteiger partial charge on any atom is 0.248 e. The van der Waals surface area contributed by atoms with Gasteiger partial charge in [-0.3, -0.25) is 9.48 Å². The number of sulfonamides is 1. The van der Waals surface area contributed by atoms with Crippen molar-refractivity contribution in [1.82, 2.24) is 19.4 Å². The minimum Gasteiger partial charge on any atom is -0.381 e. The third-order valence-electron chi connectivity index (χ3n) is 2.54. The third-order valence-corrected chi connectivity index (χ3v) is 4.36. The summed E-state index contributed by atoms with van der Waals surface area (Å²) < 4.78 is 26.9. The molecule has 1 aromatic rings. The normalized spacial score (nSPS) is 11.8. The fourth-order valence-corrected chi connectivity index (χ4v) is 2.68. The van der Waals surface area contributed by atoms with Crippen molar-refractivity contribution >= 4 is 21.7 Å². The van der Waals surface area contributed by atoms with Crippen LogP contribution in [0.1, 0.15) is 13.3 Å². The predicted molar refractivity (Wildman–Crippen MR) is 70.8 cm³/mol. The monoisotopic (exact) mass is 289 g/mol. The van der Waals surface area contributed by atoms with Crippen LogP contribution in [-0.2, 0) is 21.4 Å². The summed E-state index contributed by atoms with van der Waals surface area (Å²) in [4.78, 5) is 11.1. The van der Waals surface area contributed by atoms with Gasteiger partial charge in [-0.05, 0) is 6.42 Å². The maximum atomic E-state index is 12.2. The number of nitrogen functional groups attached to an aromatic ring is 1. The van der Waals surface area contributed by atoms with Crippen molar-refractivity contribution in [3.8, 4) is 0 Å². The number of anilines is 1. The Hall–Kier alpha value is -1.61. The van der Waals surface area contributed by atoms with E-state index in [1.165, 1.54) is 25.0 Å². The number of nitrogens with one attached hydrogen (secondary N) is 1. The number of amides is 1. The minimum absolute atomic E-state index is 0.0581. The molecule has 19 heavy (non-hydrogen) atoms. The first-order valence-electron chi connectivity index (χ1n) is 5.82. The second-order valence-electron chi connectivity index (χ2n) is 4.08. The summed E-state index contributed by atoms with van der Waals surface area (Å²) in [6.07, 6.45) is 2.20. The van der Waals surface area contributed by atoms with Gasteiger partial charge in [0, 0.05) is 26.8 Å². The number of likely N-dealkylation sites (N-methyl/N-ethyl adjacent to an activating group) is 2. The topological polar surface area (TPSA) is 110 Å². The molecular weight excluding hydrogens is 270 g/mol. The molecule has 1 heterocycles. The summed E-state index contributed by atoms with van der Waals surface area (Å²) in [7, 11) is -1.05. The average molecular weight is 289 g/mol. The zero-order valence-electron chi connectivity index (χ0n) is 11.3. The number of carbonyl (C=O) groups is 1. The molecule has 1 aromatic heterocycles. The predicted octanol–water partition coefficient (Wildman–Crippen LogP) is -0.758. The van der Waals surface area contributed by atoms with Crippen LogP contribution in [0.15, 0.2) is 11.1 Å². The molecule has 0 radical (unpaired) electrons. The molecule has 0 aliphatic heterocycles. The number of aromatic nitrogens is 2. The van der Waals surface area contributed by atoms with Gasteiger partial charge in [0.05, 0.1) is 6.54 Å². The average Bonchev–Trinajstić information content (AvgIpc) is 2.71. The first kappa shape index (κ1) is 15.4. The van der Waals surface area contributed by atoms with Gasteiger partial charge in [-0.15, -0.1) is 0 Å². The maximum absolute atomic E-state index is 12.2. The molecule has 1 rings (SSSR count). The molecule has 0 bridgehead atoms. The number of hydrogen-bond donors (Lipinski definition) is 2. The second-order valence-corrected chi connectivity index (χ2v) is 6.09. The van der Waals surface area contributed by atoms with Gasteiger partial charge in [0.2, 0.25) is 15.9 Å². The van der Waals surface area contributed by atoms with Crippen LogP contribution in [0.2, 0.25) is 0 Å². The molecule has 0 aliphatic carbocycles. The highest BCUT2D eigenvalue weighted by Gasteiger charge is 2.27. The molecule has 0 aromatic carbocycles. The lowest BCUT2D eigenvalue weighted by Crippen LogP contribution is -2.37. The smallest absolute Gasteiger partial charge is 0.248 e. The largest absolute Gasteiger partial charge is 0.381 e. The van der Waals surface area contributed by atoms with E-state index in [0.29, 0.717) is 6.54 Å². The summed E-state index contributed by atoms with van der Waals surface area (Å²) >= 11 is 0. The Labute approximate surface area is 112 Å². The van der Waals surface area contributed by atoms with Gasteiger partial charge in [0.15, 0.2) is 5.82 Å². The van der Waals surface area contributed by atoms with Gasteiger partial charge >= 0.3 is 0 Å². The summed E-state index contributed by atoms with van der Waals surface area (Å²) in [6.45, 7) is 2.26. The first-order valence-corrected chi connectivity index (χ1v) is 7.26. The zero-order valence-corrected chi connectivity index (χ0v) is 12.1. The Kier molecular flexibility index (Phi) is 4.90. The summed E-state index contributed by atoms with van der Waals surface area (Å²) in [6, 6.07) is 0. The fourth-order valence-electron chi connectivity index (χ4n) is 1.49. The van der Waals surface area contributed by atoms with E-state index in [0.717, 1.165) is 10.7 Å². The van der Waals surface area contributed by atoms with Crippen LogP contribution >= 0.6 is 0 Å². The minimum atomic E-state index is -3.81. The number of carbonyl (C=O) groups excluding carboxylic acids is 1. The second kappa shape index (κ2) is 6.02. The molecule has 1 amide bonds. The van der Waals surface area contributed by atoms with E-state index in [9.17, 15) is 13.2 Å². The number of nitrogens with two attached hydrogens (primary N) is 1. The lowest BCUT2D eigenvalue weighted by molar-refractivity contribution is -0.120. The van der Waals surface area contributed by atoms with Crippen molar-refractivity contribution in [3.05, 3.63) is 6.20 Å². The van der Waals surface area contributed by atoms with Crippen LogP contribution in [0.4, 0.5) is 5.82 Å². The van der Waals surface area contributed by atoms with E-state index < -0.39 is 15.9 Å². The van der Waals surface area contributed by atoms with Crippen molar-refractivity contribution in [2.45, 2.75) is 24.8 Å². The quantitative estimate of drug-likeness (QED) is 0.715. The van der Waals surface area contributed by atoms with Crippen molar-refractivity contribution < 1.29 is 13.2 Å². The summed E-state index contributed by atoms with van der Waals surface area (Å²) in [5.74, 6) is -0.456. The number of hydrogen-bond acceptors (Lipinski definition) is 5. The van der Waals surface area contributed by atoms with Gasteiger partial charge in [-0.1, -0.05) is 6.92 Å². The Balaban J connectivity index is 3.02. The van der Waals surface area contributed by atoms with Crippen LogP contribution in [0.3, 0.4) is 0 Å². The molecule has 9 heteroatoms. The van der Waals surface area contributed by atoms with E-state index in [4.69, 9.17) is 5.73 Å². The number of nitrogens with zero attached hydrogens (tertiary/aromatic N) is 3. The van der Waals surface area contributed by atoms with Gasteiger partial charge in [-0.2, -0.15) is 9.40 Å². The highest BCUT2D eigenvalue weighted by Crippen LogP contribution is 2.20. The van der Waals surface area contributed by atoms with Crippen molar-refractivity contribution in [1.29, 1.82) is 0 Å². The SMILES string of the molecule is CCCn1cc(S(=O)(=O)N(C)CC(=O)NC)c(N)n1. The molecule has 108 valence electrons. The Morgan fingerprint density at radius 3 is 2.74 bits per heavy atom. The van der Waals surface area contributed by atoms with E-state index in [2.05, 4.69) is 10.4 Å². The highest BCUT2D eigenvalue weighted by molar-refractivity contribution is 7.89. The Morgan fingerprint density at radius 2 is 2.21 bits per heavy atom. The molecule has 0 saturated heterocycles. The van der Waals surface area contributed by atoms with Gasteiger partial charge in [0.25, 0.3) is 0 Å². The fraction of sp³-hybridized carbons (Fsp3) is 0.600. The lowest BCUT2D eigenvalue weighted by atomic mass is 10.5. The van der Waals surface area contributed by atoms with Gasteiger partial charge in [0.1, 0.15) is 4.90 Å². The number of aryl methyl sites for hydroxylation is 1. The zero-order chi connectivity index (χ0) is 14.6. The molecule has 0 saturated carbocycles. The molecule has 0 atom stereocenters. The van der Waals surface area contributed by atoms with Crippen LogP contribution in [-0.4, -0.2) is 49.1 Å². The van der Waals surface area contributed by atoms with Crippen LogP contribution < -0.4 is 11.1 Å². The Morgan fingerprint density at radius 1 is 1.58 bits per heavy atom. The third kappa shape index (κ3) is 3.44. The van der Waals surface area contributed by atoms with Crippen molar-refractivity contribution in [2.24, 2.45) is 0 Å². The standard InChI is InChI=1S/C10H19N5O3S/c1-4-5-15-6-8(10(11)13-15)19(17,18)14(3)7-9(16)12-2/h6H,4-5,7H2,1-3H3,(H2,11,13)(H,12,16). The Bertz CT molecular complexity index is 552. The first-order chi connectivity index (χ1) is 8.82. The van der Waals surface area contributed by atoms with Gasteiger partial charge in [-0.25, -0.2) is 8.42 Å². The molecule has 0 spiro atoms. The van der Waals surface area contributed by atoms with Crippen LogP contribution in [0.5, 0.6) is 0 Å². The highest BCUT2D eigenvalue weighted by atomic mass is 32.2. The van der Waals surface area contributed by atoms with Gasteiger partial charge < -0.3 is 11.1 Å². The van der Waals surface area contributed by atoms with Crippen molar-refractivity contribution in [3.63, 3.8) is 0 Å².